The first-order valence-corrected chi connectivity index (χ1v) is 5.28. The van der Waals surface area contributed by atoms with E-state index in [1.807, 2.05) is 0 Å². The molecule has 2 aliphatic rings. The van der Waals surface area contributed by atoms with Crippen molar-refractivity contribution in [3.8, 4) is 0 Å². The minimum atomic E-state index is -0.975. The van der Waals surface area contributed by atoms with Gasteiger partial charge in [-0.2, -0.15) is 0 Å². The number of rotatable bonds is 0. The summed E-state index contributed by atoms with van der Waals surface area (Å²) < 4.78 is 0. The Hall–Kier alpha value is -0.810. The van der Waals surface area contributed by atoms with Crippen molar-refractivity contribution < 1.29 is 9.90 Å². The van der Waals surface area contributed by atoms with Gasteiger partial charge in [0.05, 0.1) is 0 Å². The Morgan fingerprint density at radius 1 is 1.40 bits per heavy atom. The van der Waals surface area contributed by atoms with E-state index >= 15 is 0 Å². The summed E-state index contributed by atoms with van der Waals surface area (Å²) in [5.74, 6) is 1.69. The summed E-state index contributed by atoms with van der Waals surface area (Å²) >= 11 is 0. The van der Waals surface area contributed by atoms with Gasteiger partial charge < -0.3 is 21.5 Å². The molecule has 5 heteroatoms. The van der Waals surface area contributed by atoms with Crippen LogP contribution in [0.15, 0.2) is 0 Å². The van der Waals surface area contributed by atoms with E-state index < -0.39 is 6.09 Å². The van der Waals surface area contributed by atoms with Crippen LogP contribution < -0.4 is 16.4 Å². The van der Waals surface area contributed by atoms with Crippen LogP contribution in [0.3, 0.4) is 0 Å². The zero-order chi connectivity index (χ0) is 11.6. The molecule has 0 radical (unpaired) electrons. The summed E-state index contributed by atoms with van der Waals surface area (Å²) in [6, 6.07) is 0.557. The molecule has 2 fully saturated rings. The minimum absolute atomic E-state index is 0.328. The highest BCUT2D eigenvalue weighted by Gasteiger charge is 2.50. The van der Waals surface area contributed by atoms with Crippen molar-refractivity contribution in [2.24, 2.45) is 17.6 Å². The maximum absolute atomic E-state index is 9.90. The van der Waals surface area contributed by atoms with Gasteiger partial charge in [0.2, 0.25) is 0 Å². The largest absolute Gasteiger partial charge is 0.465 e. The molecule has 1 aliphatic heterocycles. The number of carboxylic acid groups (broad SMARTS) is 1. The molecule has 1 heterocycles. The zero-order valence-electron chi connectivity index (χ0n) is 9.58. The lowest BCUT2D eigenvalue weighted by molar-refractivity contribution is 0.184. The van der Waals surface area contributed by atoms with E-state index in [1.165, 1.54) is 13.1 Å². The second-order valence-corrected chi connectivity index (χ2v) is 5.24. The molecule has 2 rings (SSSR count). The van der Waals surface area contributed by atoms with Crippen molar-refractivity contribution in [1.29, 1.82) is 0 Å². The van der Waals surface area contributed by atoms with E-state index in [-0.39, 0.29) is 5.54 Å². The molecule has 88 valence electrons. The molecule has 1 saturated carbocycles. The number of nitrogens with two attached hydrogens (primary N) is 1. The number of amides is 1. The second-order valence-electron chi connectivity index (χ2n) is 5.24. The molecule has 5 N–H and O–H groups in total. The van der Waals surface area contributed by atoms with E-state index in [0.29, 0.717) is 6.04 Å². The molecule has 1 aliphatic carbocycles. The number of hydrogen-bond donors (Lipinski definition) is 4. The van der Waals surface area contributed by atoms with Crippen LogP contribution in [0.2, 0.25) is 0 Å². The van der Waals surface area contributed by atoms with Gasteiger partial charge in [-0.15, -0.1) is 0 Å². The Bertz CT molecular complexity index is 227. The van der Waals surface area contributed by atoms with Crippen molar-refractivity contribution in [2.75, 3.05) is 13.1 Å². The van der Waals surface area contributed by atoms with Gasteiger partial charge in [-0.3, -0.25) is 0 Å². The average molecular weight is 215 g/mol. The fourth-order valence-electron chi connectivity index (χ4n) is 1.79. The van der Waals surface area contributed by atoms with Gasteiger partial charge in [0, 0.05) is 11.6 Å². The number of fused-ring (bicyclic) bond motifs is 1. The smallest absolute Gasteiger partial charge is 0.405 e. The van der Waals surface area contributed by atoms with Crippen LogP contribution in [0.4, 0.5) is 4.79 Å². The third-order valence-electron chi connectivity index (χ3n) is 2.64. The standard InChI is InChI=1S/C5H10N2.C5H11NO2/c6-5-3-1-7-2-4(3)5;1-5(2,3)6-4(7)8/h3-5,7H,1-2,6H2;6H,1-3H3,(H,7,8). The van der Waals surface area contributed by atoms with Crippen LogP contribution in [-0.4, -0.2) is 35.9 Å². The van der Waals surface area contributed by atoms with Gasteiger partial charge in [-0.1, -0.05) is 0 Å². The molecule has 1 amide bonds. The lowest BCUT2D eigenvalue weighted by atomic mass is 10.1. The van der Waals surface area contributed by atoms with Crippen LogP contribution in [0.1, 0.15) is 20.8 Å². The van der Waals surface area contributed by atoms with Crippen LogP contribution in [-0.2, 0) is 0 Å². The maximum atomic E-state index is 9.90. The van der Waals surface area contributed by atoms with Gasteiger partial charge in [0.1, 0.15) is 0 Å². The molecule has 0 aromatic heterocycles. The quantitative estimate of drug-likeness (QED) is 0.465. The summed E-state index contributed by atoms with van der Waals surface area (Å²) in [7, 11) is 0. The van der Waals surface area contributed by atoms with Crippen molar-refractivity contribution in [1.82, 2.24) is 10.6 Å². The molecule has 0 aromatic rings. The Kier molecular flexibility index (Phi) is 3.57. The molecule has 0 spiro atoms. The molecule has 1 saturated heterocycles. The van der Waals surface area contributed by atoms with E-state index in [0.717, 1.165) is 11.8 Å². The van der Waals surface area contributed by atoms with E-state index in [1.54, 1.807) is 20.8 Å². The van der Waals surface area contributed by atoms with Crippen molar-refractivity contribution in [2.45, 2.75) is 32.4 Å². The summed E-state index contributed by atoms with van der Waals surface area (Å²) in [6.45, 7) is 7.72. The SMILES string of the molecule is CC(C)(C)NC(=O)O.NC1C2CNCC12. The Morgan fingerprint density at radius 2 is 1.87 bits per heavy atom. The van der Waals surface area contributed by atoms with E-state index in [2.05, 4.69) is 10.6 Å². The molecule has 15 heavy (non-hydrogen) atoms. The van der Waals surface area contributed by atoms with Gasteiger partial charge in [-0.25, -0.2) is 4.79 Å². The predicted octanol–water partition coefficient (Wildman–Crippen LogP) is 0.215. The normalized spacial score (nSPS) is 32.4. The summed E-state index contributed by atoms with van der Waals surface area (Å²) in [5, 5.41) is 13.7. The van der Waals surface area contributed by atoms with Gasteiger partial charge in [0.15, 0.2) is 0 Å². The van der Waals surface area contributed by atoms with Crippen molar-refractivity contribution >= 4 is 6.09 Å². The third kappa shape index (κ3) is 4.05. The molecule has 0 bridgehead atoms. The monoisotopic (exact) mass is 215 g/mol. The Morgan fingerprint density at radius 3 is 2.00 bits per heavy atom. The Labute approximate surface area is 90.4 Å². The topological polar surface area (TPSA) is 87.4 Å². The van der Waals surface area contributed by atoms with E-state index in [4.69, 9.17) is 10.8 Å². The zero-order valence-corrected chi connectivity index (χ0v) is 9.58. The van der Waals surface area contributed by atoms with Crippen LogP contribution in [0, 0.1) is 11.8 Å². The fraction of sp³-hybridized carbons (Fsp3) is 0.900. The second kappa shape index (κ2) is 4.37. The highest BCUT2D eigenvalue weighted by molar-refractivity contribution is 5.65. The molecule has 0 aromatic carbocycles. The van der Waals surface area contributed by atoms with Crippen molar-refractivity contribution in [3.63, 3.8) is 0 Å². The first-order valence-electron chi connectivity index (χ1n) is 5.28. The highest BCUT2D eigenvalue weighted by atomic mass is 16.4. The minimum Gasteiger partial charge on any atom is -0.465 e. The fourth-order valence-corrected chi connectivity index (χ4v) is 1.79. The number of piperidine rings is 1. The van der Waals surface area contributed by atoms with Crippen LogP contribution in [0.25, 0.3) is 0 Å². The van der Waals surface area contributed by atoms with Crippen LogP contribution in [0.5, 0.6) is 0 Å². The number of nitrogens with one attached hydrogen (secondary N) is 2. The average Bonchev–Trinajstić information content (AvgIpc) is 2.50. The van der Waals surface area contributed by atoms with Crippen LogP contribution >= 0.6 is 0 Å². The summed E-state index contributed by atoms with van der Waals surface area (Å²) in [4.78, 5) is 9.90. The third-order valence-corrected chi connectivity index (χ3v) is 2.64. The molecule has 2 atom stereocenters. The molecular weight excluding hydrogens is 194 g/mol. The van der Waals surface area contributed by atoms with E-state index in [9.17, 15) is 4.79 Å². The van der Waals surface area contributed by atoms with Gasteiger partial charge >= 0.3 is 6.09 Å². The molecule has 2 unspecified atom stereocenters. The van der Waals surface area contributed by atoms with Crippen molar-refractivity contribution in [3.05, 3.63) is 0 Å². The lowest BCUT2D eigenvalue weighted by Crippen LogP contribution is -2.39. The number of hydrogen-bond acceptors (Lipinski definition) is 3. The lowest BCUT2D eigenvalue weighted by Gasteiger charge is -2.16. The van der Waals surface area contributed by atoms with Gasteiger partial charge in [0.25, 0.3) is 0 Å². The summed E-state index contributed by atoms with van der Waals surface area (Å²) in [6.07, 6.45) is -0.975. The predicted molar refractivity (Wildman–Crippen MR) is 58.7 cm³/mol. The molecular formula is C10H21N3O2. The first-order chi connectivity index (χ1) is 6.81. The number of carbonyl (C=O) groups is 1. The highest BCUT2D eigenvalue weighted by Crippen LogP contribution is 2.39. The summed E-state index contributed by atoms with van der Waals surface area (Å²) in [5.41, 5.74) is 5.30. The maximum Gasteiger partial charge on any atom is 0.405 e. The first kappa shape index (κ1) is 12.3. The Balaban J connectivity index is 0.000000150. The molecule has 5 nitrogen and oxygen atoms in total. The van der Waals surface area contributed by atoms with Gasteiger partial charge in [-0.05, 0) is 45.7 Å².